The van der Waals surface area contributed by atoms with Crippen LogP contribution in [0, 0.1) is 15.9 Å². The second kappa shape index (κ2) is 6.83. The number of carbonyl (C=O) groups excluding carboxylic acids is 1. The van der Waals surface area contributed by atoms with Crippen molar-refractivity contribution in [2.45, 2.75) is 18.9 Å². The molecule has 0 bridgehead atoms. The Morgan fingerprint density at radius 1 is 1.40 bits per heavy atom. The van der Waals surface area contributed by atoms with Gasteiger partial charge in [-0.3, -0.25) is 10.1 Å². The number of rotatable bonds is 4. The molecule has 0 N–H and O–H groups in total. The van der Waals surface area contributed by atoms with Crippen LogP contribution in [0.4, 0.5) is 15.8 Å². The highest BCUT2D eigenvalue weighted by atomic mass is 19.1. The number of aromatic nitrogens is 3. The second-order valence-electron chi connectivity index (χ2n) is 5.67. The Balaban J connectivity index is 1.87. The second-order valence-corrected chi connectivity index (χ2v) is 5.67. The molecule has 1 aliphatic rings. The predicted octanol–water partition coefficient (Wildman–Crippen LogP) is 1.95. The van der Waals surface area contributed by atoms with Crippen LogP contribution in [-0.2, 0) is 4.74 Å². The highest BCUT2D eigenvalue weighted by Crippen LogP contribution is 2.36. The van der Waals surface area contributed by atoms with Crippen LogP contribution in [0.3, 0.4) is 0 Å². The smallest absolute Gasteiger partial charge is 0.338 e. The van der Waals surface area contributed by atoms with Crippen molar-refractivity contribution in [3.8, 4) is 0 Å². The summed E-state index contributed by atoms with van der Waals surface area (Å²) in [4.78, 5) is 27.8. The van der Waals surface area contributed by atoms with Gasteiger partial charge in [-0.1, -0.05) is 0 Å². The van der Waals surface area contributed by atoms with Crippen LogP contribution in [0.15, 0.2) is 24.8 Å². The van der Waals surface area contributed by atoms with Crippen LogP contribution < -0.4 is 4.90 Å². The molecule has 0 amide bonds. The molecule has 10 heteroatoms. The van der Waals surface area contributed by atoms with Gasteiger partial charge >= 0.3 is 5.97 Å². The number of nitro benzene ring substituents is 1. The summed E-state index contributed by atoms with van der Waals surface area (Å²) in [5, 5.41) is 15.5. The Morgan fingerprint density at radius 3 is 2.68 bits per heavy atom. The predicted molar refractivity (Wildman–Crippen MR) is 84.9 cm³/mol. The lowest BCUT2D eigenvalue weighted by molar-refractivity contribution is -0.384. The van der Waals surface area contributed by atoms with Gasteiger partial charge < -0.3 is 9.64 Å². The first-order valence-electron chi connectivity index (χ1n) is 7.66. The Bertz CT molecular complexity index is 787. The number of carbonyl (C=O) groups is 1. The molecule has 1 aliphatic heterocycles. The number of nitrogens with zero attached hydrogens (tertiary/aromatic N) is 5. The third-order valence-corrected chi connectivity index (χ3v) is 4.25. The Morgan fingerprint density at radius 2 is 2.12 bits per heavy atom. The highest BCUT2D eigenvalue weighted by molar-refractivity contribution is 5.91. The Labute approximate surface area is 142 Å². The first kappa shape index (κ1) is 16.8. The van der Waals surface area contributed by atoms with E-state index in [0.29, 0.717) is 25.9 Å². The normalized spacial score (nSPS) is 15.2. The monoisotopic (exact) mass is 349 g/mol. The topological polar surface area (TPSA) is 103 Å². The molecule has 0 radical (unpaired) electrons. The zero-order valence-corrected chi connectivity index (χ0v) is 13.5. The van der Waals surface area contributed by atoms with Crippen molar-refractivity contribution in [3.05, 3.63) is 46.3 Å². The number of piperidine rings is 1. The summed E-state index contributed by atoms with van der Waals surface area (Å²) in [6, 6.07) is 2.14. The molecule has 2 aromatic rings. The van der Waals surface area contributed by atoms with Crippen LogP contribution in [0.2, 0.25) is 0 Å². The van der Waals surface area contributed by atoms with Crippen molar-refractivity contribution >= 4 is 17.3 Å². The van der Waals surface area contributed by atoms with Gasteiger partial charge in [-0.15, -0.1) is 0 Å². The third-order valence-electron chi connectivity index (χ3n) is 4.25. The first-order valence-corrected chi connectivity index (χ1v) is 7.66. The van der Waals surface area contributed by atoms with Gasteiger partial charge in [-0.2, -0.15) is 5.10 Å². The molecule has 9 nitrogen and oxygen atoms in total. The van der Waals surface area contributed by atoms with Crippen molar-refractivity contribution < 1.29 is 18.8 Å². The van der Waals surface area contributed by atoms with Gasteiger partial charge in [0, 0.05) is 19.2 Å². The largest absolute Gasteiger partial charge is 0.465 e. The molecule has 0 saturated carbocycles. The zero-order chi connectivity index (χ0) is 18.0. The van der Waals surface area contributed by atoms with Gasteiger partial charge in [0.05, 0.1) is 23.6 Å². The lowest BCUT2D eigenvalue weighted by Gasteiger charge is -2.33. The number of halogens is 1. The summed E-state index contributed by atoms with van der Waals surface area (Å²) in [6.07, 6.45) is 4.37. The van der Waals surface area contributed by atoms with E-state index in [0.717, 1.165) is 19.2 Å². The molecule has 2 heterocycles. The van der Waals surface area contributed by atoms with Crippen LogP contribution in [0.5, 0.6) is 0 Å². The van der Waals surface area contributed by atoms with E-state index in [1.165, 1.54) is 6.33 Å². The van der Waals surface area contributed by atoms with Gasteiger partial charge in [0.15, 0.2) is 11.5 Å². The van der Waals surface area contributed by atoms with Crippen molar-refractivity contribution in [2.24, 2.45) is 0 Å². The van der Waals surface area contributed by atoms with Crippen LogP contribution >= 0.6 is 0 Å². The van der Waals surface area contributed by atoms with E-state index in [1.807, 2.05) is 0 Å². The van der Waals surface area contributed by atoms with Gasteiger partial charge in [-0.05, 0) is 18.9 Å². The number of hydrogen-bond donors (Lipinski definition) is 0. The number of benzene rings is 1. The average molecular weight is 349 g/mol. The molecule has 1 aromatic heterocycles. The van der Waals surface area contributed by atoms with E-state index < -0.39 is 22.4 Å². The van der Waals surface area contributed by atoms with Crippen molar-refractivity contribution in [1.29, 1.82) is 0 Å². The van der Waals surface area contributed by atoms with E-state index in [2.05, 4.69) is 14.8 Å². The summed E-state index contributed by atoms with van der Waals surface area (Å²) >= 11 is 0. The maximum atomic E-state index is 14.5. The summed E-state index contributed by atoms with van der Waals surface area (Å²) in [7, 11) is 1.13. The summed E-state index contributed by atoms with van der Waals surface area (Å²) in [5.74, 6) is -1.63. The molecule has 0 atom stereocenters. The van der Waals surface area contributed by atoms with Crippen molar-refractivity contribution in [3.63, 3.8) is 0 Å². The SMILES string of the molecule is COC(=O)c1cc(F)c(N2CCC(n3cncn3)CC2)c([N+](=O)[O-])c1. The summed E-state index contributed by atoms with van der Waals surface area (Å²) < 4.78 is 20.8. The number of hydrogen-bond acceptors (Lipinski definition) is 7. The van der Waals surface area contributed by atoms with Crippen LogP contribution in [-0.4, -0.2) is 45.9 Å². The number of ether oxygens (including phenoxy) is 1. The number of anilines is 1. The van der Waals surface area contributed by atoms with Gasteiger partial charge in [0.25, 0.3) is 5.69 Å². The quantitative estimate of drug-likeness (QED) is 0.472. The lowest BCUT2D eigenvalue weighted by atomic mass is 10.0. The fraction of sp³-hybridized carbons (Fsp3) is 0.400. The zero-order valence-electron chi connectivity index (χ0n) is 13.5. The summed E-state index contributed by atoms with van der Waals surface area (Å²) in [5.41, 5.74) is -0.734. The molecular formula is C15H16FN5O4. The fourth-order valence-corrected chi connectivity index (χ4v) is 3.03. The number of nitro groups is 1. The number of methoxy groups -OCH3 is 1. The van der Waals surface area contributed by atoms with Gasteiger partial charge in [0.1, 0.15) is 12.7 Å². The van der Waals surface area contributed by atoms with E-state index in [4.69, 9.17) is 0 Å². The van der Waals surface area contributed by atoms with Gasteiger partial charge in [0.2, 0.25) is 0 Å². The Kier molecular flexibility index (Phi) is 4.59. The molecule has 25 heavy (non-hydrogen) atoms. The molecule has 1 aromatic carbocycles. The van der Waals surface area contributed by atoms with Crippen molar-refractivity contribution in [2.75, 3.05) is 25.1 Å². The first-order chi connectivity index (χ1) is 12.0. The lowest BCUT2D eigenvalue weighted by Crippen LogP contribution is -2.35. The highest BCUT2D eigenvalue weighted by Gasteiger charge is 2.30. The molecule has 1 saturated heterocycles. The summed E-state index contributed by atoms with van der Waals surface area (Å²) in [6.45, 7) is 0.861. The van der Waals surface area contributed by atoms with Crippen LogP contribution in [0.25, 0.3) is 0 Å². The van der Waals surface area contributed by atoms with E-state index in [-0.39, 0.29) is 17.3 Å². The molecule has 0 unspecified atom stereocenters. The maximum Gasteiger partial charge on any atom is 0.338 e. The van der Waals surface area contributed by atoms with Crippen molar-refractivity contribution in [1.82, 2.24) is 14.8 Å². The average Bonchev–Trinajstić information content (AvgIpc) is 3.15. The number of esters is 1. The van der Waals surface area contributed by atoms with E-state index in [9.17, 15) is 19.3 Å². The van der Waals surface area contributed by atoms with Crippen LogP contribution in [0.1, 0.15) is 29.2 Å². The molecule has 3 rings (SSSR count). The fourth-order valence-electron chi connectivity index (χ4n) is 3.03. The molecule has 0 aliphatic carbocycles. The van der Waals surface area contributed by atoms with E-state index >= 15 is 0 Å². The molecule has 1 fully saturated rings. The van der Waals surface area contributed by atoms with E-state index in [1.54, 1.807) is 15.9 Å². The minimum atomic E-state index is -0.821. The molecular weight excluding hydrogens is 333 g/mol. The molecule has 132 valence electrons. The Hall–Kier alpha value is -3.04. The third kappa shape index (κ3) is 3.28. The minimum absolute atomic E-state index is 0.102. The molecule has 0 spiro atoms. The maximum absolute atomic E-state index is 14.5. The minimum Gasteiger partial charge on any atom is -0.465 e. The van der Waals surface area contributed by atoms with Gasteiger partial charge in [-0.25, -0.2) is 18.9 Å². The standard InChI is InChI=1S/C15H16FN5O4/c1-25-15(22)10-6-12(16)14(13(7-10)21(23)24)19-4-2-11(3-5-19)20-9-17-8-18-20/h6-9,11H,2-5H2,1H3.